The summed E-state index contributed by atoms with van der Waals surface area (Å²) >= 11 is 0. The number of nitrogens with one attached hydrogen (secondary N) is 1. The largest absolute Gasteiger partial charge is 0.365 e. The summed E-state index contributed by atoms with van der Waals surface area (Å²) in [5, 5.41) is 10.4. The zero-order chi connectivity index (χ0) is 32.0. The van der Waals surface area contributed by atoms with E-state index in [9.17, 15) is 0 Å². The molecule has 2 saturated heterocycles. The molecule has 0 unspecified atom stereocenters. The second-order valence-electron chi connectivity index (χ2n) is 13.0. The van der Waals surface area contributed by atoms with Crippen molar-refractivity contribution in [3.05, 3.63) is 66.1 Å². The molecule has 1 N–H and O–H groups in total. The molecule has 0 amide bonds. The summed E-state index contributed by atoms with van der Waals surface area (Å²) in [4.78, 5) is 9.30. The number of likely N-dealkylation sites (tertiary alicyclic amines) is 2. The number of rotatable bonds is 5. The topological polar surface area (TPSA) is 74.1 Å². The normalized spacial score (nSPS) is 15.6. The third kappa shape index (κ3) is 18.0. The highest BCUT2D eigenvalue weighted by atomic mass is 16.5. The first kappa shape index (κ1) is 38.5. The van der Waals surface area contributed by atoms with Crippen molar-refractivity contribution in [2.24, 2.45) is 0 Å². The Bertz CT molecular complexity index is 912. The fraction of sp³-hybridized carbons (Fsp3) is 0.694. The standard InChI is InChI=1S/2C8H17N.C8H11N.C6H10N2.C6H9NO/c2*1-8(2)9-6-4-3-5-7-9;1-7(2)8-5-3-4-6-9-8;1-5(2)6-3-4-7-8-6;1-5(2)6-3-4-8-7-6/h2*8H,3-7H2,1-2H3;3-7H,1-2H3;3-5H,1-2H3,(H,7,8);3-5H,1-2H3. The van der Waals surface area contributed by atoms with Crippen molar-refractivity contribution in [1.82, 2.24) is 30.1 Å². The van der Waals surface area contributed by atoms with Crippen molar-refractivity contribution in [2.45, 2.75) is 138 Å². The number of aromatic amines is 1. The third-order valence-electron chi connectivity index (χ3n) is 7.71. The zero-order valence-corrected chi connectivity index (χ0v) is 29.2. The van der Waals surface area contributed by atoms with Gasteiger partial charge >= 0.3 is 0 Å². The molecule has 0 spiro atoms. The molecular formula is C36H64N6O. The van der Waals surface area contributed by atoms with Gasteiger partial charge in [0.25, 0.3) is 0 Å². The number of hydrogen-bond donors (Lipinski definition) is 1. The van der Waals surface area contributed by atoms with Crippen LogP contribution in [0.15, 0.2) is 53.5 Å². The van der Waals surface area contributed by atoms with E-state index in [2.05, 4.69) is 104 Å². The van der Waals surface area contributed by atoms with Gasteiger partial charge in [-0.3, -0.25) is 10.1 Å². The Morgan fingerprint density at radius 3 is 1.37 bits per heavy atom. The summed E-state index contributed by atoms with van der Waals surface area (Å²) in [5.41, 5.74) is 3.38. The predicted molar refractivity (Wildman–Crippen MR) is 183 cm³/mol. The Labute approximate surface area is 264 Å². The smallest absolute Gasteiger partial charge is 0.124 e. The summed E-state index contributed by atoms with van der Waals surface area (Å²) < 4.78 is 4.63. The molecule has 0 bridgehead atoms. The fourth-order valence-electron chi connectivity index (χ4n) is 4.69. The lowest BCUT2D eigenvalue weighted by molar-refractivity contribution is 0.185. The van der Waals surface area contributed by atoms with E-state index in [0.717, 1.165) is 23.5 Å². The van der Waals surface area contributed by atoms with E-state index in [1.807, 2.05) is 36.5 Å². The average Bonchev–Trinajstić information content (AvgIpc) is 3.76. The molecule has 3 aromatic rings. The Hall–Kier alpha value is -2.51. The zero-order valence-electron chi connectivity index (χ0n) is 29.2. The van der Waals surface area contributed by atoms with E-state index in [1.54, 1.807) is 12.5 Å². The summed E-state index contributed by atoms with van der Waals surface area (Å²) in [6, 6.07) is 11.4. The second kappa shape index (κ2) is 22.9. The summed E-state index contributed by atoms with van der Waals surface area (Å²) in [6.45, 7) is 27.2. The quantitative estimate of drug-likeness (QED) is 0.316. The molecule has 0 aromatic carbocycles. The van der Waals surface area contributed by atoms with E-state index in [0.29, 0.717) is 17.8 Å². The summed E-state index contributed by atoms with van der Waals surface area (Å²) in [5.74, 6) is 1.59. The number of aromatic nitrogens is 4. The molecule has 7 heteroatoms. The number of H-pyrrole nitrogens is 1. The minimum atomic E-state index is 0.480. The number of hydrogen-bond acceptors (Lipinski definition) is 6. The van der Waals surface area contributed by atoms with Gasteiger partial charge in [0.1, 0.15) is 6.26 Å². The number of pyridine rings is 1. The van der Waals surface area contributed by atoms with Gasteiger partial charge in [0, 0.05) is 41.9 Å². The average molecular weight is 597 g/mol. The van der Waals surface area contributed by atoms with Crippen LogP contribution in [0.5, 0.6) is 0 Å². The van der Waals surface area contributed by atoms with Crippen LogP contribution in [0.2, 0.25) is 0 Å². The lowest BCUT2D eigenvalue weighted by Crippen LogP contribution is -2.35. The summed E-state index contributed by atoms with van der Waals surface area (Å²) in [6.07, 6.45) is 13.7. The van der Waals surface area contributed by atoms with E-state index in [4.69, 9.17) is 0 Å². The van der Waals surface area contributed by atoms with Gasteiger partial charge in [-0.25, -0.2) is 0 Å². The van der Waals surface area contributed by atoms with Crippen LogP contribution in [-0.2, 0) is 0 Å². The van der Waals surface area contributed by atoms with Gasteiger partial charge in [-0.2, -0.15) is 5.10 Å². The third-order valence-corrected chi connectivity index (χ3v) is 7.71. The lowest BCUT2D eigenvalue weighted by Gasteiger charge is -2.29. The second-order valence-corrected chi connectivity index (χ2v) is 13.0. The van der Waals surface area contributed by atoms with Crippen LogP contribution in [0.3, 0.4) is 0 Å². The molecule has 5 heterocycles. The fourth-order valence-corrected chi connectivity index (χ4v) is 4.69. The lowest BCUT2D eigenvalue weighted by atomic mass is 10.1. The molecule has 2 aliphatic rings. The van der Waals surface area contributed by atoms with Crippen LogP contribution in [0.25, 0.3) is 0 Å². The van der Waals surface area contributed by atoms with Gasteiger partial charge in [0.05, 0.1) is 5.69 Å². The van der Waals surface area contributed by atoms with Gasteiger partial charge in [-0.05, 0) is 116 Å². The van der Waals surface area contributed by atoms with Crippen molar-refractivity contribution < 1.29 is 4.52 Å². The minimum Gasteiger partial charge on any atom is -0.365 e. The van der Waals surface area contributed by atoms with Crippen molar-refractivity contribution in [3.8, 4) is 0 Å². The van der Waals surface area contributed by atoms with Gasteiger partial charge in [-0.15, -0.1) is 0 Å². The van der Waals surface area contributed by atoms with Gasteiger partial charge < -0.3 is 14.3 Å². The molecule has 2 aliphatic heterocycles. The molecule has 3 aromatic heterocycles. The predicted octanol–water partition coefficient (Wildman–Crippen LogP) is 9.30. The summed E-state index contributed by atoms with van der Waals surface area (Å²) in [7, 11) is 0. The molecule has 244 valence electrons. The highest BCUT2D eigenvalue weighted by Gasteiger charge is 2.12. The van der Waals surface area contributed by atoms with Gasteiger partial charge in [0.15, 0.2) is 0 Å². The van der Waals surface area contributed by atoms with Crippen LogP contribution in [0.1, 0.15) is 143 Å². The Morgan fingerprint density at radius 1 is 0.605 bits per heavy atom. The maximum atomic E-state index is 4.63. The SMILES string of the molecule is CC(C)N1CCCCC1.CC(C)N1CCCCC1.CC(C)c1ccccn1.CC(C)c1ccn[nH]1.CC(C)c1ccon1. The maximum Gasteiger partial charge on any atom is 0.124 e. The minimum absolute atomic E-state index is 0.480. The molecule has 0 atom stereocenters. The Kier molecular flexibility index (Phi) is 20.6. The van der Waals surface area contributed by atoms with Crippen molar-refractivity contribution >= 4 is 0 Å². The Balaban J connectivity index is 0.000000269. The van der Waals surface area contributed by atoms with E-state index < -0.39 is 0 Å². The molecule has 0 radical (unpaired) electrons. The van der Waals surface area contributed by atoms with Gasteiger partial charge in [0.2, 0.25) is 0 Å². The molecule has 0 aliphatic carbocycles. The molecule has 5 rings (SSSR count). The molecular weight excluding hydrogens is 532 g/mol. The highest BCUT2D eigenvalue weighted by molar-refractivity contribution is 5.07. The van der Waals surface area contributed by atoms with E-state index in [1.165, 1.54) is 70.4 Å². The van der Waals surface area contributed by atoms with Crippen molar-refractivity contribution in [3.63, 3.8) is 0 Å². The van der Waals surface area contributed by atoms with Crippen LogP contribution in [-0.4, -0.2) is 68.4 Å². The number of piperidine rings is 2. The molecule has 7 nitrogen and oxygen atoms in total. The monoisotopic (exact) mass is 597 g/mol. The molecule has 0 saturated carbocycles. The van der Waals surface area contributed by atoms with Crippen LogP contribution < -0.4 is 0 Å². The molecule has 43 heavy (non-hydrogen) atoms. The number of nitrogens with zero attached hydrogens (tertiary/aromatic N) is 5. The van der Waals surface area contributed by atoms with Crippen LogP contribution in [0, 0.1) is 0 Å². The van der Waals surface area contributed by atoms with Crippen molar-refractivity contribution in [2.75, 3.05) is 26.2 Å². The van der Waals surface area contributed by atoms with E-state index >= 15 is 0 Å². The Morgan fingerprint density at radius 2 is 1.14 bits per heavy atom. The van der Waals surface area contributed by atoms with E-state index in [-0.39, 0.29) is 0 Å². The van der Waals surface area contributed by atoms with Gasteiger partial charge in [-0.1, -0.05) is 65.6 Å². The molecule has 2 fully saturated rings. The van der Waals surface area contributed by atoms with Crippen molar-refractivity contribution in [1.29, 1.82) is 0 Å². The first-order chi connectivity index (χ1) is 20.5. The highest BCUT2D eigenvalue weighted by Crippen LogP contribution is 2.12. The maximum absolute atomic E-state index is 4.63. The van der Waals surface area contributed by atoms with Crippen LogP contribution in [0.4, 0.5) is 0 Å². The van der Waals surface area contributed by atoms with Crippen LogP contribution >= 0.6 is 0 Å². The first-order valence-corrected chi connectivity index (χ1v) is 16.8. The first-order valence-electron chi connectivity index (χ1n) is 16.8.